The van der Waals surface area contributed by atoms with Gasteiger partial charge in [0.25, 0.3) is 6.43 Å². The van der Waals surface area contributed by atoms with Crippen LogP contribution in [0.2, 0.25) is 0 Å². The molecule has 0 spiro atoms. The highest BCUT2D eigenvalue weighted by Crippen LogP contribution is 2.08. The highest BCUT2D eigenvalue weighted by Gasteiger charge is 2.10. The predicted octanol–water partition coefficient (Wildman–Crippen LogP) is 3.01. The van der Waals surface area contributed by atoms with E-state index in [0.717, 1.165) is 25.9 Å². The minimum Gasteiger partial charge on any atom is -0.298 e. The van der Waals surface area contributed by atoms with E-state index < -0.39 is 6.43 Å². The first-order valence-corrected chi connectivity index (χ1v) is 5.10. The molecule has 0 N–H and O–H groups in total. The maximum atomic E-state index is 12.0. The van der Waals surface area contributed by atoms with Gasteiger partial charge in [-0.1, -0.05) is 27.2 Å². The van der Waals surface area contributed by atoms with E-state index in [4.69, 9.17) is 0 Å². The van der Waals surface area contributed by atoms with Gasteiger partial charge in [0.2, 0.25) is 0 Å². The Bertz CT molecular complexity index is 117. The first kappa shape index (κ1) is 12.8. The Balaban J connectivity index is 3.59. The van der Waals surface area contributed by atoms with Crippen molar-refractivity contribution in [2.24, 2.45) is 5.92 Å². The monoisotopic (exact) mass is 193 g/mol. The molecule has 1 nitrogen and oxygen atoms in total. The van der Waals surface area contributed by atoms with E-state index in [0.29, 0.717) is 5.92 Å². The molecule has 0 aromatic rings. The van der Waals surface area contributed by atoms with Crippen molar-refractivity contribution in [3.63, 3.8) is 0 Å². The molecule has 0 radical (unpaired) electrons. The van der Waals surface area contributed by atoms with Crippen LogP contribution in [-0.2, 0) is 0 Å². The van der Waals surface area contributed by atoms with Crippen molar-refractivity contribution in [2.75, 3.05) is 19.6 Å². The molecule has 0 saturated carbocycles. The zero-order valence-corrected chi connectivity index (χ0v) is 8.89. The third kappa shape index (κ3) is 6.94. The van der Waals surface area contributed by atoms with E-state index in [1.54, 1.807) is 0 Å². The summed E-state index contributed by atoms with van der Waals surface area (Å²) in [4.78, 5) is 1.82. The first-order valence-electron chi connectivity index (χ1n) is 5.10. The molecular formula is C10H21F2N. The fourth-order valence-corrected chi connectivity index (χ4v) is 1.18. The minimum atomic E-state index is -2.20. The summed E-state index contributed by atoms with van der Waals surface area (Å²) in [5.74, 6) is 0.645. The highest BCUT2D eigenvalue weighted by molar-refractivity contribution is 4.59. The van der Waals surface area contributed by atoms with Crippen LogP contribution in [0, 0.1) is 5.92 Å². The van der Waals surface area contributed by atoms with Crippen LogP contribution in [0.15, 0.2) is 0 Å². The topological polar surface area (TPSA) is 3.24 Å². The van der Waals surface area contributed by atoms with Crippen LogP contribution in [0.1, 0.15) is 33.6 Å². The lowest BCUT2D eigenvalue weighted by molar-refractivity contribution is 0.0880. The van der Waals surface area contributed by atoms with Gasteiger partial charge in [-0.25, -0.2) is 8.78 Å². The van der Waals surface area contributed by atoms with E-state index in [1.165, 1.54) is 0 Å². The molecular weight excluding hydrogens is 172 g/mol. The number of hydrogen-bond acceptors (Lipinski definition) is 1. The molecule has 1 atom stereocenters. The van der Waals surface area contributed by atoms with Gasteiger partial charge >= 0.3 is 0 Å². The van der Waals surface area contributed by atoms with Crippen molar-refractivity contribution in [1.29, 1.82) is 0 Å². The molecule has 0 bridgehead atoms. The van der Waals surface area contributed by atoms with Gasteiger partial charge in [-0.3, -0.25) is 4.90 Å². The third-order valence-corrected chi connectivity index (χ3v) is 2.48. The molecule has 0 aromatic heterocycles. The van der Waals surface area contributed by atoms with Crippen molar-refractivity contribution in [1.82, 2.24) is 4.90 Å². The molecule has 0 aliphatic carbocycles. The van der Waals surface area contributed by atoms with Crippen LogP contribution in [0.5, 0.6) is 0 Å². The molecule has 13 heavy (non-hydrogen) atoms. The Kier molecular flexibility index (Phi) is 7.14. The zero-order valence-electron chi connectivity index (χ0n) is 8.89. The third-order valence-electron chi connectivity index (χ3n) is 2.48. The fraction of sp³-hybridized carbons (Fsp3) is 1.00. The van der Waals surface area contributed by atoms with E-state index in [-0.39, 0.29) is 6.54 Å². The lowest BCUT2D eigenvalue weighted by Crippen LogP contribution is -2.30. The van der Waals surface area contributed by atoms with Crippen molar-refractivity contribution < 1.29 is 8.78 Å². The summed E-state index contributed by atoms with van der Waals surface area (Å²) in [5.41, 5.74) is 0. The number of halogens is 2. The van der Waals surface area contributed by atoms with Gasteiger partial charge in [0.1, 0.15) is 0 Å². The molecule has 1 unspecified atom stereocenters. The lowest BCUT2D eigenvalue weighted by Gasteiger charge is -2.21. The summed E-state index contributed by atoms with van der Waals surface area (Å²) in [7, 11) is 0. The average molecular weight is 193 g/mol. The molecule has 80 valence electrons. The summed E-state index contributed by atoms with van der Waals surface area (Å²) in [6.07, 6.45) is -0.0413. The second-order valence-corrected chi connectivity index (χ2v) is 3.59. The largest absolute Gasteiger partial charge is 0.298 e. The van der Waals surface area contributed by atoms with Crippen molar-refractivity contribution in [2.45, 2.75) is 40.0 Å². The maximum Gasteiger partial charge on any atom is 0.251 e. The molecule has 0 aliphatic heterocycles. The van der Waals surface area contributed by atoms with Gasteiger partial charge in [-0.2, -0.15) is 0 Å². The van der Waals surface area contributed by atoms with Gasteiger partial charge in [0.15, 0.2) is 0 Å². The molecule has 0 fully saturated rings. The Hall–Kier alpha value is -0.180. The Morgan fingerprint density at radius 3 is 2.23 bits per heavy atom. The van der Waals surface area contributed by atoms with Crippen LogP contribution in [-0.4, -0.2) is 31.0 Å². The molecule has 0 rings (SSSR count). The van der Waals surface area contributed by atoms with Crippen LogP contribution >= 0.6 is 0 Å². The van der Waals surface area contributed by atoms with E-state index in [1.807, 2.05) is 11.8 Å². The molecule has 0 saturated heterocycles. The summed E-state index contributed by atoms with van der Waals surface area (Å²) in [6, 6.07) is 0. The molecule has 0 amide bonds. The lowest BCUT2D eigenvalue weighted by atomic mass is 10.1. The summed E-state index contributed by atoms with van der Waals surface area (Å²) in [5, 5.41) is 0. The van der Waals surface area contributed by atoms with E-state index in [9.17, 15) is 8.78 Å². The van der Waals surface area contributed by atoms with Gasteiger partial charge in [0.05, 0.1) is 6.54 Å². The number of nitrogens with zero attached hydrogens (tertiary/aromatic N) is 1. The van der Waals surface area contributed by atoms with Crippen molar-refractivity contribution >= 4 is 0 Å². The smallest absolute Gasteiger partial charge is 0.251 e. The Labute approximate surface area is 80.1 Å². The standard InChI is InChI=1S/C10H21F2N/c1-4-9(3)6-7-13(5-2)8-10(11)12/h9-10H,4-8H2,1-3H3. The normalized spacial score (nSPS) is 14.1. The quantitative estimate of drug-likeness (QED) is 0.600. The minimum absolute atomic E-state index is 0.0765. The SMILES string of the molecule is CCC(C)CCN(CC)CC(F)F. The van der Waals surface area contributed by atoms with Gasteiger partial charge in [0, 0.05) is 0 Å². The highest BCUT2D eigenvalue weighted by atomic mass is 19.3. The molecule has 0 aliphatic rings. The van der Waals surface area contributed by atoms with Gasteiger partial charge in [-0.05, 0) is 25.4 Å². The van der Waals surface area contributed by atoms with Crippen LogP contribution in [0.3, 0.4) is 0 Å². The Morgan fingerprint density at radius 2 is 1.85 bits per heavy atom. The fourth-order valence-electron chi connectivity index (χ4n) is 1.18. The van der Waals surface area contributed by atoms with Crippen LogP contribution in [0.4, 0.5) is 8.78 Å². The summed E-state index contributed by atoms with van der Waals surface area (Å²) < 4.78 is 24.1. The first-order chi connectivity index (χ1) is 6.10. The Morgan fingerprint density at radius 1 is 1.23 bits per heavy atom. The molecule has 3 heteroatoms. The average Bonchev–Trinajstić information content (AvgIpc) is 2.10. The van der Waals surface area contributed by atoms with Crippen LogP contribution < -0.4 is 0 Å². The second-order valence-electron chi connectivity index (χ2n) is 3.59. The second kappa shape index (κ2) is 7.25. The van der Waals surface area contributed by atoms with E-state index >= 15 is 0 Å². The zero-order chi connectivity index (χ0) is 10.3. The van der Waals surface area contributed by atoms with Crippen LogP contribution in [0.25, 0.3) is 0 Å². The van der Waals surface area contributed by atoms with Crippen molar-refractivity contribution in [3.8, 4) is 0 Å². The maximum absolute atomic E-state index is 12.0. The molecule has 0 heterocycles. The number of rotatable bonds is 7. The number of alkyl halides is 2. The van der Waals surface area contributed by atoms with E-state index in [2.05, 4.69) is 13.8 Å². The molecule has 0 aromatic carbocycles. The summed E-state index contributed by atoms with van der Waals surface area (Å²) >= 11 is 0. The van der Waals surface area contributed by atoms with Crippen molar-refractivity contribution in [3.05, 3.63) is 0 Å². The van der Waals surface area contributed by atoms with Gasteiger partial charge in [-0.15, -0.1) is 0 Å². The predicted molar refractivity (Wildman–Crippen MR) is 52.2 cm³/mol. The number of hydrogen-bond donors (Lipinski definition) is 0. The summed E-state index contributed by atoms with van der Waals surface area (Å²) in [6.45, 7) is 7.67. The van der Waals surface area contributed by atoms with Gasteiger partial charge < -0.3 is 0 Å².